The predicted octanol–water partition coefficient (Wildman–Crippen LogP) is 0.759. The van der Waals surface area contributed by atoms with E-state index in [4.69, 9.17) is 5.73 Å². The van der Waals surface area contributed by atoms with Crippen LogP contribution in [0.1, 0.15) is 22.8 Å². The first-order valence-electron chi connectivity index (χ1n) is 6.33. The Kier molecular flexibility index (Phi) is 5.08. The minimum atomic E-state index is -1.06. The third-order valence-electron chi connectivity index (χ3n) is 2.93. The zero-order valence-electron chi connectivity index (χ0n) is 12.3. The van der Waals surface area contributed by atoms with Crippen molar-refractivity contribution in [1.29, 1.82) is 0 Å². The highest BCUT2D eigenvalue weighted by Gasteiger charge is 2.22. The first kappa shape index (κ1) is 16.4. The average Bonchev–Trinajstić information content (AvgIpc) is 2.31. The molecule has 0 heterocycles. The van der Waals surface area contributed by atoms with Gasteiger partial charge in [0.25, 0.3) is 5.91 Å². The Labute approximate surface area is 118 Å². The monoisotopic (exact) mass is 283 g/mol. The van der Waals surface area contributed by atoms with Crippen LogP contribution in [-0.2, 0) is 0 Å². The van der Waals surface area contributed by atoms with E-state index in [2.05, 4.69) is 5.32 Å². The maximum absolute atomic E-state index is 13.5. The van der Waals surface area contributed by atoms with Gasteiger partial charge in [-0.25, -0.2) is 4.39 Å². The number of rotatable bonds is 5. The molecule has 0 aromatic heterocycles. The lowest BCUT2D eigenvalue weighted by Gasteiger charge is -2.27. The van der Waals surface area contributed by atoms with Crippen molar-refractivity contribution in [3.63, 3.8) is 0 Å². The molecule has 0 spiro atoms. The van der Waals surface area contributed by atoms with Crippen molar-refractivity contribution in [3.05, 3.63) is 29.1 Å². The van der Waals surface area contributed by atoms with Gasteiger partial charge in [-0.15, -0.1) is 0 Å². The second-order valence-corrected chi connectivity index (χ2v) is 5.59. The molecule has 1 rings (SSSR count). The standard InChI is InChI=1S/C14H22FN3O2/c1-9-11(15)5-10(6-12(9)16)13(19)17-7-14(2,20)8-18(3)4/h5-6,20H,7-8,16H2,1-4H3,(H,17,19). The topological polar surface area (TPSA) is 78.6 Å². The van der Waals surface area contributed by atoms with Gasteiger partial charge < -0.3 is 21.1 Å². The van der Waals surface area contributed by atoms with Gasteiger partial charge in [-0.1, -0.05) is 0 Å². The number of nitrogens with zero attached hydrogens (tertiary/aromatic N) is 1. The summed E-state index contributed by atoms with van der Waals surface area (Å²) in [5.41, 5.74) is 5.27. The van der Waals surface area contributed by atoms with Crippen molar-refractivity contribution < 1.29 is 14.3 Å². The number of carbonyl (C=O) groups excluding carboxylic acids is 1. The summed E-state index contributed by atoms with van der Waals surface area (Å²) in [6, 6.07) is 2.57. The van der Waals surface area contributed by atoms with Crippen LogP contribution in [-0.4, -0.2) is 48.7 Å². The molecule has 0 aliphatic heterocycles. The molecule has 0 saturated heterocycles. The normalized spacial score (nSPS) is 14.2. The molecular formula is C14H22FN3O2. The van der Waals surface area contributed by atoms with Crippen LogP contribution < -0.4 is 11.1 Å². The number of hydrogen-bond acceptors (Lipinski definition) is 4. The molecule has 0 bridgehead atoms. The molecule has 0 aliphatic rings. The van der Waals surface area contributed by atoms with E-state index >= 15 is 0 Å². The average molecular weight is 283 g/mol. The van der Waals surface area contributed by atoms with E-state index in [-0.39, 0.29) is 17.8 Å². The Bertz CT molecular complexity index is 478. The Hall–Kier alpha value is -1.66. The van der Waals surface area contributed by atoms with Crippen LogP contribution in [0.2, 0.25) is 0 Å². The molecule has 4 N–H and O–H groups in total. The first-order valence-corrected chi connectivity index (χ1v) is 6.33. The fraction of sp³-hybridized carbons (Fsp3) is 0.500. The summed E-state index contributed by atoms with van der Waals surface area (Å²) in [5.74, 6) is -0.982. The summed E-state index contributed by atoms with van der Waals surface area (Å²) < 4.78 is 13.5. The zero-order valence-corrected chi connectivity index (χ0v) is 12.3. The van der Waals surface area contributed by atoms with Crippen molar-refractivity contribution in [1.82, 2.24) is 10.2 Å². The van der Waals surface area contributed by atoms with Crippen LogP contribution in [0.4, 0.5) is 10.1 Å². The van der Waals surface area contributed by atoms with E-state index in [1.54, 1.807) is 13.8 Å². The molecular weight excluding hydrogens is 261 g/mol. The number of nitrogen functional groups attached to an aromatic ring is 1. The highest BCUT2D eigenvalue weighted by atomic mass is 19.1. The lowest BCUT2D eigenvalue weighted by atomic mass is 10.1. The Morgan fingerprint density at radius 2 is 2.10 bits per heavy atom. The van der Waals surface area contributed by atoms with Gasteiger partial charge in [-0.05, 0) is 40.1 Å². The second kappa shape index (κ2) is 6.19. The highest BCUT2D eigenvalue weighted by Crippen LogP contribution is 2.17. The summed E-state index contributed by atoms with van der Waals surface area (Å²) in [5, 5.41) is 12.7. The molecule has 20 heavy (non-hydrogen) atoms. The number of carbonyl (C=O) groups is 1. The van der Waals surface area contributed by atoms with Crippen molar-refractivity contribution in [2.24, 2.45) is 0 Å². The van der Waals surface area contributed by atoms with Crippen molar-refractivity contribution in [2.45, 2.75) is 19.4 Å². The van der Waals surface area contributed by atoms with E-state index in [1.165, 1.54) is 6.07 Å². The SMILES string of the molecule is Cc1c(N)cc(C(=O)NCC(C)(O)CN(C)C)cc1F. The third-order valence-corrected chi connectivity index (χ3v) is 2.93. The molecule has 1 unspecified atom stereocenters. The van der Waals surface area contributed by atoms with Crippen LogP contribution >= 0.6 is 0 Å². The minimum Gasteiger partial charge on any atom is -0.398 e. The molecule has 1 atom stereocenters. The van der Waals surface area contributed by atoms with Gasteiger partial charge in [-0.2, -0.15) is 0 Å². The third kappa shape index (κ3) is 4.47. The van der Waals surface area contributed by atoms with Gasteiger partial charge in [0.1, 0.15) is 5.82 Å². The molecule has 0 saturated carbocycles. The Morgan fingerprint density at radius 1 is 1.50 bits per heavy atom. The Balaban J connectivity index is 2.73. The molecule has 0 radical (unpaired) electrons. The predicted molar refractivity (Wildman–Crippen MR) is 77.1 cm³/mol. The second-order valence-electron chi connectivity index (χ2n) is 5.59. The van der Waals surface area contributed by atoms with Crippen LogP contribution in [0.3, 0.4) is 0 Å². The fourth-order valence-electron chi connectivity index (χ4n) is 1.94. The van der Waals surface area contributed by atoms with Crippen LogP contribution in [0.15, 0.2) is 12.1 Å². The number of benzene rings is 1. The summed E-state index contributed by atoms with van der Waals surface area (Å²) in [7, 11) is 3.65. The minimum absolute atomic E-state index is 0.0689. The molecule has 5 nitrogen and oxygen atoms in total. The summed E-state index contributed by atoms with van der Waals surface area (Å²) >= 11 is 0. The van der Waals surface area contributed by atoms with Crippen LogP contribution in [0.25, 0.3) is 0 Å². The lowest BCUT2D eigenvalue weighted by Crippen LogP contribution is -2.47. The molecule has 1 aromatic rings. The van der Waals surface area contributed by atoms with E-state index in [0.717, 1.165) is 6.07 Å². The molecule has 1 aromatic carbocycles. The molecule has 6 heteroatoms. The number of halogens is 1. The number of nitrogens with two attached hydrogens (primary N) is 1. The largest absolute Gasteiger partial charge is 0.398 e. The van der Waals surface area contributed by atoms with Crippen LogP contribution in [0, 0.1) is 12.7 Å². The maximum Gasteiger partial charge on any atom is 0.251 e. The fourth-order valence-corrected chi connectivity index (χ4v) is 1.94. The number of amides is 1. The molecule has 1 amide bonds. The number of hydrogen-bond donors (Lipinski definition) is 3. The summed E-state index contributed by atoms with van der Waals surface area (Å²) in [4.78, 5) is 13.7. The van der Waals surface area contributed by atoms with E-state index in [0.29, 0.717) is 12.1 Å². The highest BCUT2D eigenvalue weighted by molar-refractivity contribution is 5.95. The molecule has 0 fully saturated rings. The number of anilines is 1. The maximum atomic E-state index is 13.5. The van der Waals surface area contributed by atoms with Crippen LogP contribution in [0.5, 0.6) is 0 Å². The van der Waals surface area contributed by atoms with Crippen molar-refractivity contribution >= 4 is 11.6 Å². The number of likely N-dealkylation sites (N-methyl/N-ethyl adjacent to an activating group) is 1. The van der Waals surface area contributed by atoms with Crippen molar-refractivity contribution in [3.8, 4) is 0 Å². The lowest BCUT2D eigenvalue weighted by molar-refractivity contribution is 0.0326. The van der Waals surface area contributed by atoms with Crippen molar-refractivity contribution in [2.75, 3.05) is 32.9 Å². The van der Waals surface area contributed by atoms with Gasteiger partial charge in [0, 0.05) is 29.9 Å². The summed E-state index contributed by atoms with van der Waals surface area (Å²) in [6.07, 6.45) is 0. The van der Waals surface area contributed by atoms with E-state index < -0.39 is 17.3 Å². The van der Waals surface area contributed by atoms with E-state index in [9.17, 15) is 14.3 Å². The van der Waals surface area contributed by atoms with Gasteiger partial charge in [0.15, 0.2) is 0 Å². The zero-order chi connectivity index (χ0) is 15.5. The smallest absolute Gasteiger partial charge is 0.251 e. The quantitative estimate of drug-likeness (QED) is 0.697. The van der Waals surface area contributed by atoms with Gasteiger partial charge in [0.2, 0.25) is 0 Å². The Morgan fingerprint density at radius 3 is 2.60 bits per heavy atom. The molecule has 112 valence electrons. The summed E-state index contributed by atoms with van der Waals surface area (Å²) in [6.45, 7) is 3.64. The molecule has 0 aliphatic carbocycles. The van der Waals surface area contributed by atoms with Gasteiger partial charge >= 0.3 is 0 Å². The first-order chi connectivity index (χ1) is 9.12. The number of nitrogens with one attached hydrogen (secondary N) is 1. The van der Waals surface area contributed by atoms with Gasteiger partial charge in [-0.3, -0.25) is 4.79 Å². The van der Waals surface area contributed by atoms with Gasteiger partial charge in [0.05, 0.1) is 5.60 Å². The van der Waals surface area contributed by atoms with E-state index in [1.807, 2.05) is 19.0 Å². The number of aliphatic hydroxyl groups is 1.